The fourth-order valence-corrected chi connectivity index (χ4v) is 2.87. The van der Waals surface area contributed by atoms with Crippen LogP contribution in [0, 0.1) is 10.1 Å². The van der Waals surface area contributed by atoms with E-state index in [1.54, 1.807) is 48.5 Å². The van der Waals surface area contributed by atoms with Gasteiger partial charge in [0.05, 0.1) is 4.92 Å². The quantitative estimate of drug-likeness (QED) is 0.324. The number of ether oxygens (including phenoxy) is 2. The van der Waals surface area contributed by atoms with Crippen molar-refractivity contribution in [2.24, 2.45) is 0 Å². The van der Waals surface area contributed by atoms with E-state index in [1.807, 2.05) is 0 Å². The van der Waals surface area contributed by atoms with Crippen LogP contribution in [0.5, 0.6) is 11.5 Å². The van der Waals surface area contributed by atoms with Gasteiger partial charge in [-0.3, -0.25) is 19.7 Å². The van der Waals surface area contributed by atoms with E-state index in [0.29, 0.717) is 21.5 Å². The lowest BCUT2D eigenvalue weighted by Crippen LogP contribution is -2.22. The molecule has 3 rings (SSSR count). The molecule has 2 amide bonds. The smallest absolute Gasteiger partial charge is 0.292 e. The number of hydrogen-bond donors (Lipinski definition) is 2. The molecule has 0 heterocycles. The van der Waals surface area contributed by atoms with E-state index >= 15 is 0 Å². The second-order valence-corrected chi connectivity index (χ2v) is 7.44. The molecule has 0 radical (unpaired) electrons. The summed E-state index contributed by atoms with van der Waals surface area (Å²) >= 11 is 11.6. The molecule has 0 atom stereocenters. The van der Waals surface area contributed by atoms with E-state index < -0.39 is 16.7 Å². The first kappa shape index (κ1) is 23.8. The number of nitrogens with zero attached hydrogens (tertiary/aromatic N) is 1. The van der Waals surface area contributed by atoms with Crippen molar-refractivity contribution in [2.75, 3.05) is 23.8 Å². The van der Waals surface area contributed by atoms with Crippen LogP contribution in [0.25, 0.3) is 0 Å². The number of benzene rings is 3. The number of halogens is 2. The summed E-state index contributed by atoms with van der Waals surface area (Å²) in [5, 5.41) is 17.4. The second kappa shape index (κ2) is 11.2. The summed E-state index contributed by atoms with van der Waals surface area (Å²) in [5.41, 5.74) is -0.203. The maximum absolute atomic E-state index is 12.2. The van der Waals surface area contributed by atoms with Crippen molar-refractivity contribution in [3.63, 3.8) is 0 Å². The fraction of sp³-hybridized carbons (Fsp3) is 0.0909. The van der Waals surface area contributed by atoms with Crippen LogP contribution in [0.2, 0.25) is 10.0 Å². The Morgan fingerprint density at radius 2 is 1.27 bits per heavy atom. The summed E-state index contributed by atoms with van der Waals surface area (Å²) in [6, 6.07) is 16.6. The van der Waals surface area contributed by atoms with Crippen LogP contribution in [0.3, 0.4) is 0 Å². The molecular formula is C22H17Cl2N3O6. The molecule has 0 unspecified atom stereocenters. The van der Waals surface area contributed by atoms with E-state index in [4.69, 9.17) is 32.7 Å². The minimum atomic E-state index is -0.648. The molecule has 0 aliphatic carbocycles. The van der Waals surface area contributed by atoms with Crippen LogP contribution < -0.4 is 20.1 Å². The van der Waals surface area contributed by atoms with Crippen LogP contribution in [0.4, 0.5) is 17.1 Å². The Morgan fingerprint density at radius 3 is 1.76 bits per heavy atom. The number of carbonyl (C=O) groups excluding carboxylic acids is 2. The Morgan fingerprint density at radius 1 is 0.788 bits per heavy atom. The molecular weight excluding hydrogens is 473 g/mol. The van der Waals surface area contributed by atoms with Gasteiger partial charge in [0.25, 0.3) is 17.5 Å². The van der Waals surface area contributed by atoms with E-state index in [2.05, 4.69) is 10.6 Å². The summed E-state index contributed by atoms with van der Waals surface area (Å²) in [6.45, 7) is -0.681. The Balaban J connectivity index is 1.61. The van der Waals surface area contributed by atoms with Crippen LogP contribution in [-0.4, -0.2) is 30.0 Å². The van der Waals surface area contributed by atoms with Gasteiger partial charge in [0.1, 0.15) is 17.2 Å². The first-order valence-corrected chi connectivity index (χ1v) is 10.2. The molecule has 2 N–H and O–H groups in total. The highest BCUT2D eigenvalue weighted by molar-refractivity contribution is 6.30. The van der Waals surface area contributed by atoms with Gasteiger partial charge < -0.3 is 20.1 Å². The molecule has 33 heavy (non-hydrogen) atoms. The van der Waals surface area contributed by atoms with Gasteiger partial charge >= 0.3 is 0 Å². The monoisotopic (exact) mass is 489 g/mol. The van der Waals surface area contributed by atoms with Crippen LogP contribution >= 0.6 is 23.2 Å². The topological polar surface area (TPSA) is 120 Å². The highest BCUT2D eigenvalue weighted by Gasteiger charge is 2.18. The standard InChI is InChI=1S/C22H17Cl2N3O6/c23-14-1-6-17(7-2-14)32-12-21(28)25-16-5-10-20(27(30)31)19(11-16)26-22(29)13-33-18-8-3-15(24)4-9-18/h1-11H,12-13H2,(H,25,28)(H,26,29). The average molecular weight is 490 g/mol. The third-order valence-corrected chi connectivity index (χ3v) is 4.62. The van der Waals surface area contributed by atoms with Crippen molar-refractivity contribution in [1.82, 2.24) is 0 Å². The summed E-state index contributed by atoms with van der Waals surface area (Å²) in [4.78, 5) is 35.1. The lowest BCUT2D eigenvalue weighted by molar-refractivity contribution is -0.383. The van der Waals surface area contributed by atoms with Crippen LogP contribution in [0.1, 0.15) is 0 Å². The number of nitro benzene ring substituents is 1. The van der Waals surface area contributed by atoms with Crippen LogP contribution in [-0.2, 0) is 9.59 Å². The predicted molar refractivity (Wildman–Crippen MR) is 124 cm³/mol. The number of carbonyl (C=O) groups is 2. The average Bonchev–Trinajstić information content (AvgIpc) is 2.78. The van der Waals surface area contributed by atoms with E-state index in [9.17, 15) is 19.7 Å². The van der Waals surface area contributed by atoms with Crippen molar-refractivity contribution in [3.05, 3.63) is 86.9 Å². The summed E-state index contributed by atoms with van der Waals surface area (Å²) in [7, 11) is 0. The van der Waals surface area contributed by atoms with Crippen molar-refractivity contribution >= 4 is 52.1 Å². The lowest BCUT2D eigenvalue weighted by atomic mass is 10.2. The van der Waals surface area contributed by atoms with Crippen molar-refractivity contribution < 1.29 is 24.0 Å². The minimum absolute atomic E-state index is 0.0962. The largest absolute Gasteiger partial charge is 0.484 e. The van der Waals surface area contributed by atoms with Gasteiger partial charge in [0, 0.05) is 21.8 Å². The van der Waals surface area contributed by atoms with Crippen molar-refractivity contribution in [2.45, 2.75) is 0 Å². The molecule has 0 saturated carbocycles. The van der Waals surface area contributed by atoms with E-state index in [-0.39, 0.29) is 30.3 Å². The number of nitro groups is 1. The molecule has 0 aromatic heterocycles. The molecule has 0 aliphatic rings. The van der Waals surface area contributed by atoms with Gasteiger partial charge in [-0.2, -0.15) is 0 Å². The lowest BCUT2D eigenvalue weighted by Gasteiger charge is -2.11. The first-order chi connectivity index (χ1) is 15.8. The maximum Gasteiger partial charge on any atom is 0.292 e. The van der Waals surface area contributed by atoms with Gasteiger partial charge in [0.15, 0.2) is 13.2 Å². The second-order valence-electron chi connectivity index (χ2n) is 6.57. The minimum Gasteiger partial charge on any atom is -0.484 e. The Kier molecular flexibility index (Phi) is 8.06. The highest BCUT2D eigenvalue weighted by Crippen LogP contribution is 2.28. The highest BCUT2D eigenvalue weighted by atomic mass is 35.5. The van der Waals surface area contributed by atoms with Gasteiger partial charge in [-0.25, -0.2) is 0 Å². The molecule has 11 heteroatoms. The van der Waals surface area contributed by atoms with Gasteiger partial charge in [-0.15, -0.1) is 0 Å². The number of rotatable bonds is 9. The normalized spacial score (nSPS) is 10.2. The van der Waals surface area contributed by atoms with Gasteiger partial charge in [-0.1, -0.05) is 23.2 Å². The molecule has 9 nitrogen and oxygen atoms in total. The van der Waals surface area contributed by atoms with Crippen LogP contribution in [0.15, 0.2) is 66.7 Å². The first-order valence-electron chi connectivity index (χ1n) is 9.45. The number of hydrogen-bond acceptors (Lipinski definition) is 6. The van der Waals surface area contributed by atoms with Crippen molar-refractivity contribution in [1.29, 1.82) is 0 Å². The van der Waals surface area contributed by atoms with E-state index in [1.165, 1.54) is 18.2 Å². The molecule has 0 aliphatic heterocycles. The summed E-state index contributed by atoms with van der Waals surface area (Å²) in [6.07, 6.45) is 0. The van der Waals surface area contributed by atoms with E-state index in [0.717, 1.165) is 0 Å². The SMILES string of the molecule is O=C(COc1ccc(Cl)cc1)Nc1ccc([N+](=O)[O-])c(NC(=O)COc2ccc(Cl)cc2)c1. The summed E-state index contributed by atoms with van der Waals surface area (Å²) in [5.74, 6) is -0.262. The molecule has 0 fully saturated rings. The molecule has 3 aromatic rings. The zero-order chi connectivity index (χ0) is 23.8. The van der Waals surface area contributed by atoms with Crippen molar-refractivity contribution in [3.8, 4) is 11.5 Å². The van der Waals surface area contributed by atoms with Gasteiger partial charge in [-0.05, 0) is 60.7 Å². The zero-order valence-corrected chi connectivity index (χ0v) is 18.4. The maximum atomic E-state index is 12.2. The Hall–Kier alpha value is -3.82. The number of anilines is 2. The zero-order valence-electron chi connectivity index (χ0n) is 16.9. The predicted octanol–water partition coefficient (Wildman–Crippen LogP) is 4.94. The molecule has 0 saturated heterocycles. The summed E-state index contributed by atoms with van der Waals surface area (Å²) < 4.78 is 10.7. The third-order valence-electron chi connectivity index (χ3n) is 4.12. The number of amides is 2. The fourth-order valence-electron chi connectivity index (χ4n) is 2.62. The third kappa shape index (κ3) is 7.37. The molecule has 170 valence electrons. The molecule has 0 spiro atoms. The molecule has 3 aromatic carbocycles. The van der Waals surface area contributed by atoms with Gasteiger partial charge in [0.2, 0.25) is 0 Å². The molecule has 0 bridgehead atoms. The number of nitrogens with one attached hydrogen (secondary N) is 2. The Labute approximate surface area is 198 Å². The Bertz CT molecular complexity index is 1150.